The number of fused-ring (bicyclic) bond motifs is 1. The van der Waals surface area contributed by atoms with E-state index in [1.807, 2.05) is 4.57 Å². The molecule has 0 aliphatic heterocycles. The summed E-state index contributed by atoms with van der Waals surface area (Å²) in [4.78, 5) is 20.5. The van der Waals surface area contributed by atoms with E-state index in [0.717, 1.165) is 13.0 Å². The van der Waals surface area contributed by atoms with E-state index >= 15 is 0 Å². The van der Waals surface area contributed by atoms with Crippen molar-refractivity contribution in [3.05, 3.63) is 21.5 Å². The maximum absolute atomic E-state index is 11.1. The maximum atomic E-state index is 11.1. The number of aryl methyl sites for hydroxylation is 1. The van der Waals surface area contributed by atoms with Crippen molar-refractivity contribution in [3.8, 4) is 0 Å². The highest BCUT2D eigenvalue weighted by Gasteiger charge is 2.04. The van der Waals surface area contributed by atoms with Crippen molar-refractivity contribution in [2.24, 2.45) is 0 Å². The Bertz CT molecular complexity index is 564. The van der Waals surface area contributed by atoms with Gasteiger partial charge in [-0.3, -0.25) is 9.97 Å². The highest BCUT2D eigenvalue weighted by atomic mass is 32.1. The normalized spacial score (nSPS) is 10.9. The van der Waals surface area contributed by atoms with Crippen LogP contribution in [0.1, 0.15) is 13.3 Å². The van der Waals surface area contributed by atoms with E-state index in [9.17, 15) is 4.79 Å². The second kappa shape index (κ2) is 3.38. The lowest BCUT2D eigenvalue weighted by Crippen LogP contribution is -2.11. The van der Waals surface area contributed by atoms with Gasteiger partial charge in [0.25, 0.3) is 0 Å². The van der Waals surface area contributed by atoms with Gasteiger partial charge in [-0.15, -0.1) is 0 Å². The van der Waals surface area contributed by atoms with E-state index in [-0.39, 0.29) is 5.69 Å². The van der Waals surface area contributed by atoms with Gasteiger partial charge in [0, 0.05) is 6.54 Å². The fourth-order valence-corrected chi connectivity index (χ4v) is 1.63. The third-order valence-corrected chi connectivity index (χ3v) is 2.27. The summed E-state index contributed by atoms with van der Waals surface area (Å²) in [6.07, 6.45) is 2.67. The molecule has 0 aromatic carbocycles. The second-order valence-corrected chi connectivity index (χ2v) is 3.45. The van der Waals surface area contributed by atoms with Crippen molar-refractivity contribution < 1.29 is 0 Å². The van der Waals surface area contributed by atoms with Crippen LogP contribution in [0, 0.1) is 4.64 Å². The van der Waals surface area contributed by atoms with E-state index in [2.05, 4.69) is 21.9 Å². The second-order valence-electron chi connectivity index (χ2n) is 3.04. The van der Waals surface area contributed by atoms with Gasteiger partial charge in [-0.2, -0.15) is 0 Å². The molecular formula is C8H10N4OS. The van der Waals surface area contributed by atoms with Crippen LogP contribution in [0.15, 0.2) is 11.1 Å². The first kappa shape index (κ1) is 9.14. The lowest BCUT2D eigenvalue weighted by molar-refractivity contribution is 0.690. The zero-order valence-electron chi connectivity index (χ0n) is 7.70. The van der Waals surface area contributed by atoms with Gasteiger partial charge in [-0.25, -0.2) is 9.78 Å². The summed E-state index contributed by atoms with van der Waals surface area (Å²) >= 11 is 4.99. The van der Waals surface area contributed by atoms with Gasteiger partial charge in [-0.05, 0) is 6.42 Å². The molecule has 74 valence electrons. The van der Waals surface area contributed by atoms with Crippen molar-refractivity contribution in [1.29, 1.82) is 0 Å². The van der Waals surface area contributed by atoms with Gasteiger partial charge in [0.05, 0.1) is 6.33 Å². The number of hydrogen-bond acceptors (Lipinski definition) is 3. The number of H-pyrrole nitrogens is 2. The first-order valence-electron chi connectivity index (χ1n) is 4.40. The van der Waals surface area contributed by atoms with E-state index in [1.165, 1.54) is 0 Å². The molecule has 2 aromatic rings. The first-order valence-corrected chi connectivity index (χ1v) is 4.80. The van der Waals surface area contributed by atoms with E-state index in [4.69, 9.17) is 12.2 Å². The van der Waals surface area contributed by atoms with Crippen LogP contribution < -0.4 is 5.69 Å². The number of rotatable bonds is 2. The highest BCUT2D eigenvalue weighted by molar-refractivity contribution is 7.71. The van der Waals surface area contributed by atoms with E-state index < -0.39 is 0 Å². The Morgan fingerprint density at radius 1 is 1.57 bits per heavy atom. The molecule has 6 heteroatoms. The van der Waals surface area contributed by atoms with Crippen LogP contribution in [0.2, 0.25) is 0 Å². The van der Waals surface area contributed by atoms with Crippen LogP contribution in [-0.2, 0) is 6.54 Å². The Morgan fingerprint density at radius 2 is 2.36 bits per heavy atom. The fraction of sp³-hybridized carbons (Fsp3) is 0.375. The fourth-order valence-electron chi connectivity index (χ4n) is 1.39. The monoisotopic (exact) mass is 210 g/mol. The van der Waals surface area contributed by atoms with Crippen molar-refractivity contribution in [2.75, 3.05) is 0 Å². The molecule has 2 N–H and O–H groups in total. The molecule has 0 aliphatic rings. The standard InChI is InChI=1S/C8H10N4OS/c1-2-3-12-4-9-5-6(12)10-8(13)11-7(5)14/h4H,2-3H2,1H3,(H2,10,11,13,14). The van der Waals surface area contributed by atoms with E-state index in [0.29, 0.717) is 15.8 Å². The smallest absolute Gasteiger partial charge is 0.317 e. The molecular weight excluding hydrogens is 200 g/mol. The van der Waals surface area contributed by atoms with Crippen LogP contribution in [0.4, 0.5) is 0 Å². The number of imidazole rings is 1. The zero-order valence-corrected chi connectivity index (χ0v) is 8.52. The summed E-state index contributed by atoms with van der Waals surface area (Å²) in [6, 6.07) is 0. The van der Waals surface area contributed by atoms with Gasteiger partial charge in [0.15, 0.2) is 0 Å². The predicted octanol–water partition coefficient (Wildman–Crippen LogP) is 1.19. The number of nitrogens with zero attached hydrogens (tertiary/aromatic N) is 2. The molecule has 0 fully saturated rings. The van der Waals surface area contributed by atoms with Crippen LogP contribution in [0.5, 0.6) is 0 Å². The van der Waals surface area contributed by atoms with Crippen LogP contribution in [0.25, 0.3) is 11.2 Å². The molecule has 0 radical (unpaired) electrons. The summed E-state index contributed by atoms with van der Waals surface area (Å²) in [5.74, 6) is 0. The average Bonchev–Trinajstić information content (AvgIpc) is 2.49. The Kier molecular flexibility index (Phi) is 2.20. The molecule has 0 amide bonds. The van der Waals surface area contributed by atoms with Crippen molar-refractivity contribution in [2.45, 2.75) is 19.9 Å². The number of aromatic amines is 2. The van der Waals surface area contributed by atoms with Crippen LogP contribution >= 0.6 is 12.2 Å². The molecule has 0 saturated carbocycles. The van der Waals surface area contributed by atoms with Crippen LogP contribution in [0.3, 0.4) is 0 Å². The molecule has 0 spiro atoms. The SMILES string of the molecule is CCCn1cnc2c(=S)[nH]c(=O)[nH]c21. The van der Waals surface area contributed by atoms with Crippen molar-refractivity contribution in [1.82, 2.24) is 19.5 Å². The maximum Gasteiger partial charge on any atom is 0.325 e. The molecule has 0 atom stereocenters. The quantitative estimate of drug-likeness (QED) is 0.732. The van der Waals surface area contributed by atoms with Gasteiger partial charge in [0.2, 0.25) is 0 Å². The minimum atomic E-state index is -0.291. The largest absolute Gasteiger partial charge is 0.325 e. The Balaban J connectivity index is 2.79. The molecule has 0 unspecified atom stereocenters. The van der Waals surface area contributed by atoms with Gasteiger partial charge in [0.1, 0.15) is 15.8 Å². The lowest BCUT2D eigenvalue weighted by Gasteiger charge is -1.99. The third-order valence-electron chi connectivity index (χ3n) is 1.98. The molecule has 0 bridgehead atoms. The minimum Gasteiger partial charge on any atom is -0.317 e. The molecule has 2 rings (SSSR count). The predicted molar refractivity (Wildman–Crippen MR) is 55.8 cm³/mol. The highest BCUT2D eigenvalue weighted by Crippen LogP contribution is 2.08. The van der Waals surface area contributed by atoms with Gasteiger partial charge in [-0.1, -0.05) is 19.1 Å². The first-order chi connectivity index (χ1) is 6.72. The Hall–Kier alpha value is -1.43. The van der Waals surface area contributed by atoms with Gasteiger partial charge < -0.3 is 4.57 Å². The van der Waals surface area contributed by atoms with Crippen molar-refractivity contribution in [3.63, 3.8) is 0 Å². The third kappa shape index (κ3) is 1.37. The molecule has 2 aromatic heterocycles. The number of aromatic nitrogens is 4. The summed E-state index contributed by atoms with van der Waals surface area (Å²) in [7, 11) is 0. The molecule has 14 heavy (non-hydrogen) atoms. The topological polar surface area (TPSA) is 66.5 Å². The molecule has 2 heterocycles. The zero-order chi connectivity index (χ0) is 10.1. The van der Waals surface area contributed by atoms with Gasteiger partial charge >= 0.3 is 5.69 Å². The minimum absolute atomic E-state index is 0.291. The number of nitrogens with one attached hydrogen (secondary N) is 2. The average molecular weight is 210 g/mol. The number of hydrogen-bond donors (Lipinski definition) is 2. The summed E-state index contributed by atoms with van der Waals surface area (Å²) < 4.78 is 2.28. The van der Waals surface area contributed by atoms with Crippen LogP contribution in [-0.4, -0.2) is 19.5 Å². The lowest BCUT2D eigenvalue weighted by atomic mass is 10.4. The van der Waals surface area contributed by atoms with Crippen molar-refractivity contribution >= 4 is 23.4 Å². The Labute approximate surface area is 84.8 Å². The summed E-state index contributed by atoms with van der Waals surface area (Å²) in [5.41, 5.74) is 1.05. The Morgan fingerprint density at radius 3 is 3.07 bits per heavy atom. The molecule has 5 nitrogen and oxygen atoms in total. The molecule has 0 aliphatic carbocycles. The molecule has 0 saturated heterocycles. The summed E-state index contributed by atoms with van der Waals surface area (Å²) in [6.45, 7) is 2.89. The van der Waals surface area contributed by atoms with E-state index in [1.54, 1.807) is 6.33 Å². The summed E-state index contributed by atoms with van der Waals surface area (Å²) in [5, 5.41) is 0.